The molecule has 0 bridgehead atoms. The van der Waals surface area contributed by atoms with Crippen molar-refractivity contribution in [3.8, 4) is 5.75 Å². The van der Waals surface area contributed by atoms with E-state index in [2.05, 4.69) is 15.5 Å². The van der Waals surface area contributed by atoms with Crippen LogP contribution in [0.1, 0.15) is 23.2 Å². The van der Waals surface area contributed by atoms with Crippen LogP contribution in [0.5, 0.6) is 5.75 Å². The predicted octanol–water partition coefficient (Wildman–Crippen LogP) is 1.69. The van der Waals surface area contributed by atoms with Gasteiger partial charge in [-0.2, -0.15) is 0 Å². The maximum absolute atomic E-state index is 13.3. The molecular formula is C22H25FN4O3. The van der Waals surface area contributed by atoms with Crippen molar-refractivity contribution in [2.24, 2.45) is 0 Å². The average Bonchev–Trinajstić information content (AvgIpc) is 3.06. The Bertz CT molecular complexity index is 926. The molecule has 2 heterocycles. The van der Waals surface area contributed by atoms with E-state index in [1.807, 2.05) is 4.90 Å². The highest BCUT2D eigenvalue weighted by molar-refractivity contribution is 5.96. The number of para-hydroxylation sites is 1. The third-order valence-electron chi connectivity index (χ3n) is 6.02. The summed E-state index contributed by atoms with van der Waals surface area (Å²) in [6.07, 6.45) is 1.31. The van der Waals surface area contributed by atoms with E-state index in [-0.39, 0.29) is 28.9 Å². The smallest absolute Gasteiger partial charge is 0.255 e. The lowest BCUT2D eigenvalue weighted by atomic mass is 9.85. The molecule has 2 aliphatic rings. The summed E-state index contributed by atoms with van der Waals surface area (Å²) in [7, 11) is 0. The van der Waals surface area contributed by atoms with Gasteiger partial charge in [-0.25, -0.2) is 4.39 Å². The van der Waals surface area contributed by atoms with E-state index < -0.39 is 5.54 Å². The molecule has 2 amide bonds. The Hall–Kier alpha value is -3.13. The van der Waals surface area contributed by atoms with E-state index in [0.29, 0.717) is 32.6 Å². The molecule has 0 unspecified atom stereocenters. The maximum Gasteiger partial charge on any atom is 0.255 e. The molecule has 0 aromatic heterocycles. The molecule has 4 rings (SSSR count). The lowest BCUT2D eigenvalue weighted by molar-refractivity contribution is -0.125. The van der Waals surface area contributed by atoms with E-state index in [0.717, 1.165) is 18.8 Å². The van der Waals surface area contributed by atoms with Crippen LogP contribution in [0.25, 0.3) is 0 Å². The number of nitrogens with one attached hydrogen (secondary N) is 2. The number of amides is 2. The number of anilines is 1. The van der Waals surface area contributed by atoms with Crippen molar-refractivity contribution in [3.63, 3.8) is 0 Å². The van der Waals surface area contributed by atoms with Gasteiger partial charge in [-0.1, -0.05) is 12.1 Å². The van der Waals surface area contributed by atoms with Crippen molar-refractivity contribution in [2.45, 2.75) is 18.4 Å². The number of benzene rings is 2. The number of phenols is 1. The molecule has 7 nitrogen and oxygen atoms in total. The fraction of sp³-hybridized carbons (Fsp3) is 0.364. The largest absolute Gasteiger partial charge is 0.507 e. The monoisotopic (exact) mass is 412 g/mol. The van der Waals surface area contributed by atoms with Crippen molar-refractivity contribution < 1.29 is 19.1 Å². The summed E-state index contributed by atoms with van der Waals surface area (Å²) < 4.78 is 13.3. The Kier molecular flexibility index (Phi) is 5.59. The summed E-state index contributed by atoms with van der Waals surface area (Å²) in [5.74, 6) is -0.631. The highest BCUT2D eigenvalue weighted by atomic mass is 19.1. The minimum atomic E-state index is -0.618. The number of carbonyl (C=O) groups is 2. The van der Waals surface area contributed by atoms with Crippen LogP contribution < -0.4 is 15.5 Å². The van der Waals surface area contributed by atoms with Gasteiger partial charge in [0.05, 0.1) is 12.2 Å². The van der Waals surface area contributed by atoms with Crippen molar-refractivity contribution in [1.82, 2.24) is 15.5 Å². The van der Waals surface area contributed by atoms with Gasteiger partial charge in [0.2, 0.25) is 5.91 Å². The van der Waals surface area contributed by atoms with Crippen LogP contribution in [0.2, 0.25) is 0 Å². The summed E-state index contributed by atoms with van der Waals surface area (Å²) >= 11 is 0. The van der Waals surface area contributed by atoms with Crippen LogP contribution in [-0.4, -0.2) is 60.2 Å². The van der Waals surface area contributed by atoms with E-state index in [9.17, 15) is 19.1 Å². The Labute approximate surface area is 174 Å². The average molecular weight is 412 g/mol. The highest BCUT2D eigenvalue weighted by Crippen LogP contribution is 2.36. The molecule has 30 heavy (non-hydrogen) atoms. The number of rotatable bonds is 5. The normalized spacial score (nSPS) is 18.4. The summed E-state index contributed by atoms with van der Waals surface area (Å²) in [6.45, 7) is 2.97. The van der Waals surface area contributed by atoms with E-state index in [1.165, 1.54) is 18.2 Å². The standard InChI is InChI=1S/C22H25FN4O3/c23-16-5-7-17(8-6-16)27-15-25-21(30)22(27)9-12-26(13-10-22)14-11-24-20(29)18-3-1-2-4-19(18)28/h1-8,28H,9-15H2,(H,24,29)(H,25,30). The van der Waals surface area contributed by atoms with E-state index in [1.54, 1.807) is 30.3 Å². The zero-order valence-electron chi connectivity index (χ0n) is 16.6. The molecule has 1 spiro atoms. The zero-order chi connectivity index (χ0) is 21.1. The van der Waals surface area contributed by atoms with Crippen LogP contribution >= 0.6 is 0 Å². The second kappa shape index (κ2) is 8.31. The van der Waals surface area contributed by atoms with Crippen molar-refractivity contribution in [3.05, 3.63) is 59.9 Å². The molecule has 2 saturated heterocycles. The molecule has 3 N–H and O–H groups in total. The van der Waals surface area contributed by atoms with Crippen molar-refractivity contribution in [2.75, 3.05) is 37.7 Å². The van der Waals surface area contributed by atoms with Gasteiger partial charge in [-0.15, -0.1) is 0 Å². The van der Waals surface area contributed by atoms with Crippen LogP contribution in [-0.2, 0) is 4.79 Å². The molecule has 2 fully saturated rings. The van der Waals surface area contributed by atoms with Gasteiger partial charge in [0.15, 0.2) is 0 Å². The van der Waals surface area contributed by atoms with Gasteiger partial charge >= 0.3 is 0 Å². The van der Waals surface area contributed by atoms with Gasteiger partial charge in [-0.3, -0.25) is 9.59 Å². The number of phenolic OH excluding ortho intramolecular Hbond substituents is 1. The zero-order valence-corrected chi connectivity index (χ0v) is 16.6. The first kappa shape index (κ1) is 20.2. The van der Waals surface area contributed by atoms with Gasteiger partial charge in [-0.05, 0) is 49.2 Å². The minimum absolute atomic E-state index is 0.0133. The molecule has 0 radical (unpaired) electrons. The van der Waals surface area contributed by atoms with Crippen LogP contribution in [0, 0.1) is 5.82 Å². The van der Waals surface area contributed by atoms with Crippen LogP contribution in [0.15, 0.2) is 48.5 Å². The molecule has 158 valence electrons. The Morgan fingerprint density at radius 3 is 2.53 bits per heavy atom. The number of nitrogens with zero attached hydrogens (tertiary/aromatic N) is 2. The number of hydrogen-bond acceptors (Lipinski definition) is 5. The summed E-state index contributed by atoms with van der Waals surface area (Å²) in [5, 5.41) is 15.5. The molecule has 0 aliphatic carbocycles. The van der Waals surface area contributed by atoms with Gasteiger partial charge < -0.3 is 25.5 Å². The van der Waals surface area contributed by atoms with Crippen LogP contribution in [0.3, 0.4) is 0 Å². The predicted molar refractivity (Wildman–Crippen MR) is 111 cm³/mol. The first-order valence-electron chi connectivity index (χ1n) is 10.1. The third-order valence-corrected chi connectivity index (χ3v) is 6.02. The fourth-order valence-electron chi connectivity index (χ4n) is 4.28. The number of hydrogen-bond donors (Lipinski definition) is 3. The molecule has 0 atom stereocenters. The lowest BCUT2D eigenvalue weighted by Gasteiger charge is -2.43. The molecular weight excluding hydrogens is 387 g/mol. The first-order valence-corrected chi connectivity index (χ1v) is 10.1. The summed E-state index contributed by atoms with van der Waals surface area (Å²) in [6, 6.07) is 12.7. The van der Waals surface area contributed by atoms with Gasteiger partial charge in [0, 0.05) is 31.9 Å². The number of likely N-dealkylation sites (tertiary alicyclic amines) is 1. The van der Waals surface area contributed by atoms with Crippen molar-refractivity contribution >= 4 is 17.5 Å². The third kappa shape index (κ3) is 3.82. The molecule has 2 aliphatic heterocycles. The number of carbonyl (C=O) groups excluding carboxylic acids is 2. The van der Waals surface area contributed by atoms with E-state index in [4.69, 9.17) is 0 Å². The summed E-state index contributed by atoms with van der Waals surface area (Å²) in [5.41, 5.74) is 0.471. The number of aromatic hydroxyl groups is 1. The Morgan fingerprint density at radius 2 is 1.83 bits per heavy atom. The highest BCUT2D eigenvalue weighted by Gasteiger charge is 2.50. The molecule has 0 saturated carbocycles. The second-order valence-electron chi connectivity index (χ2n) is 7.71. The number of piperidine rings is 1. The first-order chi connectivity index (χ1) is 14.5. The van der Waals surface area contributed by atoms with Crippen LogP contribution in [0.4, 0.5) is 10.1 Å². The lowest BCUT2D eigenvalue weighted by Crippen LogP contribution is -2.57. The quantitative estimate of drug-likeness (QED) is 0.696. The topological polar surface area (TPSA) is 84.9 Å². The second-order valence-corrected chi connectivity index (χ2v) is 7.71. The van der Waals surface area contributed by atoms with E-state index >= 15 is 0 Å². The minimum Gasteiger partial charge on any atom is -0.507 e. The van der Waals surface area contributed by atoms with Gasteiger partial charge in [0.25, 0.3) is 5.91 Å². The van der Waals surface area contributed by atoms with Gasteiger partial charge in [0.1, 0.15) is 17.1 Å². The summed E-state index contributed by atoms with van der Waals surface area (Å²) in [4.78, 5) is 29.1. The Balaban J connectivity index is 1.32. The molecule has 2 aromatic carbocycles. The molecule has 8 heteroatoms. The Morgan fingerprint density at radius 1 is 1.13 bits per heavy atom. The SMILES string of the molecule is O=C(NCCN1CCC2(CC1)C(=O)NCN2c1ccc(F)cc1)c1ccccc1O. The molecule has 2 aromatic rings. The van der Waals surface area contributed by atoms with Crippen molar-refractivity contribution in [1.29, 1.82) is 0 Å². The number of halogens is 1. The maximum atomic E-state index is 13.3. The fourth-order valence-corrected chi connectivity index (χ4v) is 4.28.